The van der Waals surface area contributed by atoms with Gasteiger partial charge in [-0.1, -0.05) is 6.07 Å². The number of pyridine rings is 1. The number of hydrogen-bond acceptors (Lipinski definition) is 6. The Kier molecular flexibility index (Phi) is 7.72. The summed E-state index contributed by atoms with van der Waals surface area (Å²) in [4.78, 5) is 30.4. The van der Waals surface area contributed by atoms with Crippen LogP contribution in [0.4, 0.5) is 10.6 Å². The fraction of sp³-hybridized carbons (Fsp3) is 0.696. The van der Waals surface area contributed by atoms with E-state index in [9.17, 15) is 9.59 Å². The molecule has 0 saturated carbocycles. The van der Waals surface area contributed by atoms with Crippen molar-refractivity contribution in [3.63, 3.8) is 0 Å². The number of amides is 1. The molecule has 2 heterocycles. The summed E-state index contributed by atoms with van der Waals surface area (Å²) in [6, 6.07) is 4.03. The fourth-order valence-corrected chi connectivity index (χ4v) is 3.42. The van der Waals surface area contributed by atoms with Gasteiger partial charge in [-0.25, -0.2) is 9.78 Å². The Morgan fingerprint density at radius 3 is 2.20 bits per heavy atom. The minimum absolute atomic E-state index is 0.212. The third kappa shape index (κ3) is 8.20. The molecule has 1 saturated heterocycles. The van der Waals surface area contributed by atoms with Gasteiger partial charge in [-0.05, 0) is 78.9 Å². The summed E-state index contributed by atoms with van der Waals surface area (Å²) in [5.41, 5.74) is -0.127. The molecule has 1 fully saturated rings. The highest BCUT2D eigenvalue weighted by Gasteiger charge is 2.29. The Morgan fingerprint density at radius 2 is 1.70 bits per heavy atom. The molecule has 0 aromatic carbocycles. The van der Waals surface area contributed by atoms with Crippen molar-refractivity contribution in [2.75, 3.05) is 18.4 Å². The van der Waals surface area contributed by atoms with Crippen LogP contribution in [0.3, 0.4) is 0 Å². The first-order valence-corrected chi connectivity index (χ1v) is 10.7. The lowest BCUT2D eigenvalue weighted by Gasteiger charge is -2.36. The summed E-state index contributed by atoms with van der Waals surface area (Å²) >= 11 is 0. The molecule has 30 heavy (non-hydrogen) atoms. The van der Waals surface area contributed by atoms with Crippen molar-refractivity contribution < 1.29 is 19.1 Å². The smallest absolute Gasteiger partial charge is 0.410 e. The topological polar surface area (TPSA) is 80.8 Å². The van der Waals surface area contributed by atoms with E-state index >= 15 is 0 Å². The van der Waals surface area contributed by atoms with Gasteiger partial charge in [0.2, 0.25) is 0 Å². The molecule has 1 aromatic heterocycles. The van der Waals surface area contributed by atoms with Crippen LogP contribution in [-0.4, -0.2) is 52.3 Å². The van der Waals surface area contributed by atoms with Gasteiger partial charge >= 0.3 is 12.1 Å². The molecule has 0 spiro atoms. The van der Waals surface area contributed by atoms with Crippen molar-refractivity contribution in [1.82, 2.24) is 9.88 Å². The molecule has 168 valence electrons. The molecule has 1 atom stereocenters. The molecule has 1 aliphatic heterocycles. The summed E-state index contributed by atoms with van der Waals surface area (Å²) in [7, 11) is 0. The molecule has 0 aliphatic carbocycles. The number of carbonyl (C=O) groups excluding carboxylic acids is 2. The van der Waals surface area contributed by atoms with Gasteiger partial charge in [-0.3, -0.25) is 4.79 Å². The largest absolute Gasteiger partial charge is 0.460 e. The number of esters is 1. The Bertz CT molecular complexity index is 711. The number of nitrogens with zero attached hydrogens (tertiary/aromatic N) is 2. The van der Waals surface area contributed by atoms with Crippen LogP contribution in [-0.2, 0) is 20.7 Å². The van der Waals surface area contributed by atoms with Crippen LogP contribution >= 0.6 is 0 Å². The van der Waals surface area contributed by atoms with Gasteiger partial charge in [-0.15, -0.1) is 0 Å². The molecule has 1 amide bonds. The molecular formula is C23H37N3O4. The van der Waals surface area contributed by atoms with Crippen molar-refractivity contribution in [1.29, 1.82) is 0 Å². The minimum atomic E-state index is -0.486. The van der Waals surface area contributed by atoms with Gasteiger partial charge in [0.05, 0.1) is 6.42 Å². The number of likely N-dealkylation sites (tertiary alicyclic amines) is 1. The molecule has 1 unspecified atom stereocenters. The second kappa shape index (κ2) is 9.67. The zero-order chi connectivity index (χ0) is 22.5. The van der Waals surface area contributed by atoms with E-state index in [-0.39, 0.29) is 24.5 Å². The van der Waals surface area contributed by atoms with E-state index < -0.39 is 11.2 Å². The zero-order valence-electron chi connectivity index (χ0n) is 19.4. The Hall–Kier alpha value is -2.31. The van der Waals surface area contributed by atoms with Crippen molar-refractivity contribution >= 4 is 17.9 Å². The second-order valence-electron chi connectivity index (χ2n) is 10.1. The van der Waals surface area contributed by atoms with Crippen LogP contribution in [0.5, 0.6) is 0 Å². The van der Waals surface area contributed by atoms with Crippen molar-refractivity contribution in [2.45, 2.75) is 85.0 Å². The molecule has 0 radical (unpaired) electrons. The zero-order valence-corrected chi connectivity index (χ0v) is 19.4. The molecule has 1 aliphatic rings. The SMILES string of the molecule is CC(Nc1ccc(CC(=O)OC(C)(C)C)cn1)C1CCN(C(=O)OC(C)(C)C)CC1. The maximum atomic E-state index is 12.2. The number of hydrogen-bond donors (Lipinski definition) is 1. The number of aromatic nitrogens is 1. The van der Waals surface area contributed by atoms with E-state index in [1.807, 2.05) is 53.7 Å². The second-order valence-corrected chi connectivity index (χ2v) is 10.1. The van der Waals surface area contributed by atoms with Gasteiger partial charge < -0.3 is 19.7 Å². The number of rotatable bonds is 5. The van der Waals surface area contributed by atoms with Gasteiger partial charge in [0, 0.05) is 25.3 Å². The Morgan fingerprint density at radius 1 is 1.10 bits per heavy atom. The van der Waals surface area contributed by atoms with Crippen molar-refractivity contribution in [3.05, 3.63) is 23.9 Å². The van der Waals surface area contributed by atoms with Crippen LogP contribution < -0.4 is 5.32 Å². The van der Waals surface area contributed by atoms with Gasteiger partial charge in [0.1, 0.15) is 17.0 Å². The number of carbonyl (C=O) groups is 2. The molecule has 1 N–H and O–H groups in total. The minimum Gasteiger partial charge on any atom is -0.460 e. The van der Waals surface area contributed by atoms with E-state index in [1.54, 1.807) is 11.1 Å². The van der Waals surface area contributed by atoms with Gasteiger partial charge in [0.15, 0.2) is 0 Å². The average Bonchev–Trinajstić information content (AvgIpc) is 2.60. The summed E-state index contributed by atoms with van der Waals surface area (Å²) in [6.45, 7) is 14.8. The number of ether oxygens (including phenoxy) is 2. The van der Waals surface area contributed by atoms with E-state index in [0.29, 0.717) is 19.0 Å². The normalized spacial score (nSPS) is 16.7. The Balaban J connectivity index is 1.80. The van der Waals surface area contributed by atoms with Crippen LogP contribution in [0, 0.1) is 5.92 Å². The van der Waals surface area contributed by atoms with Crippen molar-refractivity contribution in [2.24, 2.45) is 5.92 Å². The summed E-state index contributed by atoms with van der Waals surface area (Å²) in [5, 5.41) is 3.45. The lowest BCUT2D eigenvalue weighted by Crippen LogP contribution is -2.44. The number of piperidine rings is 1. The third-order valence-electron chi connectivity index (χ3n) is 4.87. The lowest BCUT2D eigenvalue weighted by atomic mass is 9.90. The molecule has 2 rings (SSSR count). The molecule has 1 aromatic rings. The molecular weight excluding hydrogens is 382 g/mol. The highest BCUT2D eigenvalue weighted by molar-refractivity contribution is 5.73. The predicted molar refractivity (Wildman–Crippen MR) is 117 cm³/mol. The standard InChI is InChI=1S/C23H37N3O4/c1-16(18-10-12-26(13-11-18)21(28)30-23(5,6)7)25-19-9-8-17(15-24-19)14-20(27)29-22(2,3)4/h8-9,15-16,18H,10-14H2,1-7H3,(H,24,25). The molecule has 7 nitrogen and oxygen atoms in total. The average molecular weight is 420 g/mol. The van der Waals surface area contributed by atoms with E-state index in [1.165, 1.54) is 0 Å². The van der Waals surface area contributed by atoms with Crippen LogP contribution in [0.15, 0.2) is 18.3 Å². The van der Waals surface area contributed by atoms with Gasteiger partial charge in [0.25, 0.3) is 0 Å². The molecule has 7 heteroatoms. The first kappa shape index (κ1) is 24.0. The van der Waals surface area contributed by atoms with Crippen LogP contribution in [0.2, 0.25) is 0 Å². The summed E-state index contributed by atoms with van der Waals surface area (Å²) in [5.74, 6) is 0.979. The predicted octanol–water partition coefficient (Wildman–Crippen LogP) is 4.41. The van der Waals surface area contributed by atoms with Crippen molar-refractivity contribution in [3.8, 4) is 0 Å². The van der Waals surface area contributed by atoms with E-state index in [0.717, 1.165) is 24.2 Å². The highest BCUT2D eigenvalue weighted by Crippen LogP contribution is 2.24. The lowest BCUT2D eigenvalue weighted by molar-refractivity contribution is -0.153. The summed E-state index contributed by atoms with van der Waals surface area (Å²) in [6.07, 6.45) is 3.53. The maximum absolute atomic E-state index is 12.2. The highest BCUT2D eigenvalue weighted by atomic mass is 16.6. The maximum Gasteiger partial charge on any atom is 0.410 e. The third-order valence-corrected chi connectivity index (χ3v) is 4.87. The quantitative estimate of drug-likeness (QED) is 0.712. The van der Waals surface area contributed by atoms with E-state index in [2.05, 4.69) is 17.2 Å². The first-order valence-electron chi connectivity index (χ1n) is 10.7. The first-order chi connectivity index (χ1) is 13.8. The van der Waals surface area contributed by atoms with Gasteiger partial charge in [-0.2, -0.15) is 0 Å². The Labute approximate surface area is 180 Å². The fourth-order valence-electron chi connectivity index (χ4n) is 3.42. The summed E-state index contributed by atoms with van der Waals surface area (Å²) < 4.78 is 10.8. The molecule has 0 bridgehead atoms. The van der Waals surface area contributed by atoms with Crippen LogP contribution in [0.25, 0.3) is 0 Å². The van der Waals surface area contributed by atoms with E-state index in [4.69, 9.17) is 9.47 Å². The number of anilines is 1. The monoisotopic (exact) mass is 419 g/mol. The number of nitrogens with one attached hydrogen (secondary N) is 1. The van der Waals surface area contributed by atoms with Crippen LogP contribution in [0.1, 0.15) is 66.9 Å².